The number of nitrogens with two attached hydrogens (primary N) is 2. The van der Waals surface area contributed by atoms with Crippen molar-refractivity contribution in [3.63, 3.8) is 0 Å². The maximum absolute atomic E-state index is 9.57. The average molecular weight is 215 g/mol. The lowest BCUT2D eigenvalue weighted by Gasteiger charge is -2.19. The van der Waals surface area contributed by atoms with Gasteiger partial charge in [-0.1, -0.05) is 18.5 Å². The van der Waals surface area contributed by atoms with Gasteiger partial charge in [0.25, 0.3) is 0 Å². The highest BCUT2D eigenvalue weighted by atomic mass is 35.5. The van der Waals surface area contributed by atoms with Gasteiger partial charge >= 0.3 is 0 Å². The molecule has 78 valence electrons. The summed E-state index contributed by atoms with van der Waals surface area (Å²) in [6, 6.07) is 4.62. The number of hydrogen-bond acceptors (Lipinski definition) is 3. The molecule has 4 heteroatoms. The summed E-state index contributed by atoms with van der Waals surface area (Å²) in [5.74, 6) is 0. The molecule has 1 aromatic carbocycles. The van der Waals surface area contributed by atoms with E-state index in [4.69, 9.17) is 23.1 Å². The molecule has 3 nitrogen and oxygen atoms in total. The summed E-state index contributed by atoms with van der Waals surface area (Å²) in [6.45, 7) is 1.87. The van der Waals surface area contributed by atoms with E-state index in [0.717, 1.165) is 0 Å². The lowest BCUT2D eigenvalue weighted by molar-refractivity contribution is 0.141. The first-order valence-electron chi connectivity index (χ1n) is 4.54. The molecule has 0 aliphatic carbocycles. The maximum atomic E-state index is 9.57. The Kier molecular flexibility index (Phi) is 3.75. The molecule has 0 aromatic heterocycles. The van der Waals surface area contributed by atoms with Gasteiger partial charge in [0.15, 0.2) is 0 Å². The van der Waals surface area contributed by atoms with Crippen LogP contribution in [0.1, 0.15) is 24.9 Å². The van der Waals surface area contributed by atoms with Gasteiger partial charge in [-0.05, 0) is 30.2 Å². The third-order valence-electron chi connectivity index (χ3n) is 2.24. The van der Waals surface area contributed by atoms with Crippen LogP contribution in [0, 0.1) is 0 Å². The van der Waals surface area contributed by atoms with Crippen LogP contribution in [0.15, 0.2) is 18.2 Å². The number of nitrogen functional groups attached to an aromatic ring is 1. The molecule has 1 rings (SSSR count). The molecule has 0 aliphatic rings. The summed E-state index contributed by atoms with van der Waals surface area (Å²) in [6.07, 6.45) is 0.00314. The van der Waals surface area contributed by atoms with Gasteiger partial charge in [-0.2, -0.15) is 0 Å². The zero-order valence-electron chi connectivity index (χ0n) is 8.07. The third-order valence-corrected chi connectivity index (χ3v) is 2.48. The highest BCUT2D eigenvalue weighted by Gasteiger charge is 2.17. The summed E-state index contributed by atoms with van der Waals surface area (Å²) in [7, 11) is 0. The van der Waals surface area contributed by atoms with E-state index < -0.39 is 12.1 Å². The van der Waals surface area contributed by atoms with Crippen molar-refractivity contribution >= 4 is 17.3 Å². The Morgan fingerprint density at radius 2 is 2.14 bits per heavy atom. The van der Waals surface area contributed by atoms with Gasteiger partial charge in [0.05, 0.1) is 12.1 Å². The van der Waals surface area contributed by atoms with Crippen LogP contribution in [0.3, 0.4) is 0 Å². The first-order valence-corrected chi connectivity index (χ1v) is 4.92. The largest absolute Gasteiger partial charge is 0.398 e. The van der Waals surface area contributed by atoms with E-state index in [9.17, 15) is 5.11 Å². The van der Waals surface area contributed by atoms with Crippen molar-refractivity contribution in [3.05, 3.63) is 28.8 Å². The molecule has 2 atom stereocenters. The molecule has 0 fully saturated rings. The predicted octanol–water partition coefficient (Wildman–Crippen LogP) is 1.69. The topological polar surface area (TPSA) is 72.3 Å². The number of aliphatic hydroxyl groups excluding tert-OH is 1. The highest BCUT2D eigenvalue weighted by molar-refractivity contribution is 6.30. The smallest absolute Gasteiger partial charge is 0.0731 e. The van der Waals surface area contributed by atoms with Gasteiger partial charge in [0.1, 0.15) is 0 Å². The van der Waals surface area contributed by atoms with E-state index in [1.807, 2.05) is 6.92 Å². The number of halogens is 1. The van der Waals surface area contributed by atoms with E-state index in [2.05, 4.69) is 0 Å². The molecule has 0 radical (unpaired) electrons. The van der Waals surface area contributed by atoms with Gasteiger partial charge in [-0.15, -0.1) is 0 Å². The van der Waals surface area contributed by atoms with Crippen LogP contribution < -0.4 is 11.5 Å². The lowest BCUT2D eigenvalue weighted by Crippen LogP contribution is -2.26. The van der Waals surface area contributed by atoms with Crippen molar-refractivity contribution in [2.45, 2.75) is 25.5 Å². The van der Waals surface area contributed by atoms with E-state index in [-0.39, 0.29) is 0 Å². The van der Waals surface area contributed by atoms with Crippen LogP contribution in [0.25, 0.3) is 0 Å². The zero-order valence-corrected chi connectivity index (χ0v) is 8.83. The predicted molar refractivity (Wildman–Crippen MR) is 59.1 cm³/mol. The molecule has 1 aromatic rings. The fraction of sp³-hybridized carbons (Fsp3) is 0.400. The molecule has 0 bridgehead atoms. The maximum Gasteiger partial charge on any atom is 0.0731 e. The summed E-state index contributed by atoms with van der Waals surface area (Å²) in [5, 5.41) is 10.1. The van der Waals surface area contributed by atoms with E-state index in [1.165, 1.54) is 0 Å². The molecule has 0 unspecified atom stereocenters. The Morgan fingerprint density at radius 3 is 2.71 bits per heavy atom. The molecule has 0 saturated carbocycles. The number of hydrogen-bond donors (Lipinski definition) is 3. The number of anilines is 1. The third kappa shape index (κ3) is 2.38. The van der Waals surface area contributed by atoms with Crippen molar-refractivity contribution in [2.75, 3.05) is 5.73 Å². The quantitative estimate of drug-likeness (QED) is 0.671. The highest BCUT2D eigenvalue weighted by Crippen LogP contribution is 2.25. The molecule has 0 spiro atoms. The Hall–Kier alpha value is -0.770. The second-order valence-corrected chi connectivity index (χ2v) is 3.71. The number of aliphatic hydroxyl groups is 1. The SMILES string of the molecule is CC[C@@H](O)[C@@H](N)c1cc(Cl)ccc1N. The van der Waals surface area contributed by atoms with Crippen molar-refractivity contribution in [1.29, 1.82) is 0 Å². The molecular formula is C10H15ClN2O. The fourth-order valence-electron chi connectivity index (χ4n) is 1.30. The molecule has 0 aliphatic heterocycles. The van der Waals surface area contributed by atoms with Crippen molar-refractivity contribution in [1.82, 2.24) is 0 Å². The van der Waals surface area contributed by atoms with E-state index in [1.54, 1.807) is 18.2 Å². The second kappa shape index (κ2) is 4.64. The lowest BCUT2D eigenvalue weighted by atomic mass is 9.99. The minimum absolute atomic E-state index is 0.473. The summed E-state index contributed by atoms with van der Waals surface area (Å²) in [5.41, 5.74) is 12.8. The second-order valence-electron chi connectivity index (χ2n) is 3.27. The Labute approximate surface area is 88.7 Å². The van der Waals surface area contributed by atoms with E-state index in [0.29, 0.717) is 22.7 Å². The molecule has 0 saturated heterocycles. The van der Waals surface area contributed by atoms with Crippen molar-refractivity contribution in [2.24, 2.45) is 5.73 Å². The molecule has 5 N–H and O–H groups in total. The van der Waals surface area contributed by atoms with Crippen LogP contribution in [-0.4, -0.2) is 11.2 Å². The number of rotatable bonds is 3. The van der Waals surface area contributed by atoms with Crippen LogP contribution in [0.4, 0.5) is 5.69 Å². The Bertz CT molecular complexity index is 317. The van der Waals surface area contributed by atoms with E-state index >= 15 is 0 Å². The zero-order chi connectivity index (χ0) is 10.7. The van der Waals surface area contributed by atoms with Crippen LogP contribution >= 0.6 is 11.6 Å². The fourth-order valence-corrected chi connectivity index (χ4v) is 1.48. The van der Waals surface area contributed by atoms with Gasteiger partial charge in [-0.25, -0.2) is 0 Å². The van der Waals surface area contributed by atoms with Gasteiger partial charge in [-0.3, -0.25) is 0 Å². The number of benzene rings is 1. The minimum atomic E-state index is -0.587. The first-order chi connectivity index (χ1) is 6.56. The van der Waals surface area contributed by atoms with Gasteiger partial charge in [0.2, 0.25) is 0 Å². The first kappa shape index (κ1) is 11.3. The van der Waals surface area contributed by atoms with Crippen LogP contribution in [0.2, 0.25) is 5.02 Å². The molecule has 14 heavy (non-hydrogen) atoms. The standard InChI is InChI=1S/C10H15ClN2O/c1-2-9(14)10(13)7-5-6(11)3-4-8(7)12/h3-5,9-10,14H,2,12-13H2,1H3/t9-,10+/m1/s1. The van der Waals surface area contributed by atoms with Crippen molar-refractivity contribution in [3.8, 4) is 0 Å². The van der Waals surface area contributed by atoms with Crippen LogP contribution in [0.5, 0.6) is 0 Å². The molecule has 0 heterocycles. The van der Waals surface area contributed by atoms with Gasteiger partial charge < -0.3 is 16.6 Å². The van der Waals surface area contributed by atoms with Crippen molar-refractivity contribution < 1.29 is 5.11 Å². The molecular weight excluding hydrogens is 200 g/mol. The Morgan fingerprint density at radius 1 is 1.50 bits per heavy atom. The monoisotopic (exact) mass is 214 g/mol. The minimum Gasteiger partial charge on any atom is -0.398 e. The summed E-state index contributed by atoms with van der Waals surface area (Å²) < 4.78 is 0. The Balaban J connectivity index is 2.99. The normalized spacial score (nSPS) is 15.1. The summed E-state index contributed by atoms with van der Waals surface area (Å²) >= 11 is 5.82. The average Bonchev–Trinajstić information content (AvgIpc) is 2.19. The van der Waals surface area contributed by atoms with Crippen LogP contribution in [-0.2, 0) is 0 Å². The summed E-state index contributed by atoms with van der Waals surface area (Å²) in [4.78, 5) is 0. The molecule has 0 amide bonds. The van der Waals surface area contributed by atoms with Gasteiger partial charge in [0, 0.05) is 10.7 Å².